The van der Waals surface area contributed by atoms with Crippen molar-refractivity contribution in [3.05, 3.63) is 0 Å². The minimum Gasteiger partial charge on any atom is -0.462 e. The van der Waals surface area contributed by atoms with Crippen molar-refractivity contribution < 1.29 is 80.2 Å². The molecule has 0 aliphatic rings. The number of ether oxygens (including phenoxy) is 4. The number of phosphoric acid groups is 2. The molecule has 0 heterocycles. The van der Waals surface area contributed by atoms with Gasteiger partial charge in [-0.3, -0.25) is 37.3 Å². The van der Waals surface area contributed by atoms with Crippen LogP contribution in [0.5, 0.6) is 0 Å². The molecule has 7 atom stereocenters. The molecule has 0 aromatic rings. The van der Waals surface area contributed by atoms with Crippen molar-refractivity contribution in [2.45, 2.75) is 324 Å². The fourth-order valence-corrected chi connectivity index (χ4v) is 10.9. The van der Waals surface area contributed by atoms with E-state index in [1.807, 2.05) is 0 Å². The van der Waals surface area contributed by atoms with Crippen LogP contribution in [0.15, 0.2) is 0 Å². The van der Waals surface area contributed by atoms with E-state index < -0.39 is 97.5 Å². The van der Waals surface area contributed by atoms with Crippen molar-refractivity contribution in [3.63, 3.8) is 0 Å². The Labute approximate surface area is 505 Å². The topological polar surface area (TPSA) is 237 Å². The monoisotopic (exact) mass is 1230 g/mol. The summed E-state index contributed by atoms with van der Waals surface area (Å²) in [5, 5.41) is 10.5. The molecule has 0 fully saturated rings. The van der Waals surface area contributed by atoms with E-state index in [4.69, 9.17) is 37.0 Å². The van der Waals surface area contributed by atoms with Gasteiger partial charge in [0.25, 0.3) is 0 Å². The zero-order valence-electron chi connectivity index (χ0n) is 53.8. The van der Waals surface area contributed by atoms with Gasteiger partial charge in [-0.05, 0) is 49.4 Å². The van der Waals surface area contributed by atoms with Gasteiger partial charge in [0.2, 0.25) is 0 Å². The van der Waals surface area contributed by atoms with E-state index in [2.05, 4.69) is 55.4 Å². The highest BCUT2D eigenvalue weighted by Gasteiger charge is 2.30. The van der Waals surface area contributed by atoms with Gasteiger partial charge in [0.05, 0.1) is 26.4 Å². The number of rotatable bonds is 61. The van der Waals surface area contributed by atoms with Crippen LogP contribution in [0.25, 0.3) is 0 Å². The average Bonchev–Trinajstić information content (AvgIpc) is 3.48. The fourth-order valence-electron chi connectivity index (χ4n) is 9.36. The lowest BCUT2D eigenvalue weighted by molar-refractivity contribution is -0.161. The number of hydrogen-bond acceptors (Lipinski definition) is 15. The van der Waals surface area contributed by atoms with Gasteiger partial charge in [-0.1, -0.05) is 254 Å². The Morgan fingerprint density at radius 2 is 0.578 bits per heavy atom. The van der Waals surface area contributed by atoms with Gasteiger partial charge in [-0.15, -0.1) is 0 Å². The average molecular weight is 1230 g/mol. The van der Waals surface area contributed by atoms with Crippen LogP contribution in [-0.4, -0.2) is 96.7 Å². The van der Waals surface area contributed by atoms with Gasteiger partial charge >= 0.3 is 39.5 Å². The Morgan fingerprint density at radius 1 is 0.337 bits per heavy atom. The summed E-state index contributed by atoms with van der Waals surface area (Å²) in [5.74, 6) is 0.771. The first-order valence-corrected chi connectivity index (χ1v) is 36.3. The predicted octanol–water partition coefficient (Wildman–Crippen LogP) is 17.4. The van der Waals surface area contributed by atoms with Crippen molar-refractivity contribution in [3.8, 4) is 0 Å². The maximum Gasteiger partial charge on any atom is 0.472 e. The number of aliphatic hydroxyl groups excluding tert-OH is 1. The van der Waals surface area contributed by atoms with Crippen LogP contribution in [0.2, 0.25) is 0 Å². The third kappa shape index (κ3) is 56.3. The second kappa shape index (κ2) is 54.2. The fraction of sp³-hybridized carbons (Fsp3) is 0.938. The molecular weight excluding hydrogens is 1100 g/mol. The maximum absolute atomic E-state index is 13.0. The van der Waals surface area contributed by atoms with Crippen LogP contribution < -0.4 is 0 Å². The largest absolute Gasteiger partial charge is 0.472 e. The lowest BCUT2D eigenvalue weighted by atomic mass is 9.99. The van der Waals surface area contributed by atoms with Gasteiger partial charge in [0, 0.05) is 25.7 Å². The van der Waals surface area contributed by atoms with Crippen molar-refractivity contribution in [2.24, 2.45) is 23.7 Å². The standard InChI is InChI=1S/C64H124O17P2/c1-9-56(7)42-34-26-17-14-15-18-28-36-44-61(66)74-50-59(80-63(68)46-38-30-19-13-11-12-16-24-32-40-54(3)4)52-78-82(70,71)76-48-58(65)49-77-83(72,73)79-53-60(51-75-62(67)45-37-29-22-20-25-33-41-55(5)6)81-64(69)47-39-31-23-21-27-35-43-57(8)10-2/h54-60,65H,9-53H2,1-8H3,(H,70,71)(H,72,73)/t56?,57?,58-,59-,60-/m1/s1. The summed E-state index contributed by atoms with van der Waals surface area (Å²) in [6.45, 7) is 13.9. The van der Waals surface area contributed by atoms with E-state index in [9.17, 15) is 43.2 Å². The van der Waals surface area contributed by atoms with Crippen LogP contribution in [0.4, 0.5) is 0 Å². The summed E-state index contributed by atoms with van der Waals surface area (Å²) < 4.78 is 68.0. The van der Waals surface area contributed by atoms with Crippen LogP contribution in [0.1, 0.15) is 306 Å². The zero-order chi connectivity index (χ0) is 61.8. The molecule has 0 radical (unpaired) electrons. The van der Waals surface area contributed by atoms with Gasteiger partial charge in [-0.25, -0.2) is 9.13 Å². The molecular formula is C64H124O17P2. The summed E-state index contributed by atoms with van der Waals surface area (Å²) in [6.07, 6.45) is 33.6. The molecule has 19 heteroatoms. The highest BCUT2D eigenvalue weighted by atomic mass is 31.2. The van der Waals surface area contributed by atoms with E-state index in [0.29, 0.717) is 31.6 Å². The summed E-state index contributed by atoms with van der Waals surface area (Å²) in [7, 11) is -9.89. The normalized spacial score (nSPS) is 15.1. The molecule has 0 spiro atoms. The highest BCUT2D eigenvalue weighted by Crippen LogP contribution is 2.45. The maximum atomic E-state index is 13.0. The predicted molar refractivity (Wildman–Crippen MR) is 331 cm³/mol. The first-order chi connectivity index (χ1) is 39.7. The smallest absolute Gasteiger partial charge is 0.462 e. The van der Waals surface area contributed by atoms with E-state index in [-0.39, 0.29) is 25.7 Å². The Morgan fingerprint density at radius 3 is 0.855 bits per heavy atom. The molecule has 0 saturated heterocycles. The molecule has 0 bridgehead atoms. The number of unbranched alkanes of at least 4 members (excludes halogenated alkanes) is 25. The van der Waals surface area contributed by atoms with E-state index >= 15 is 0 Å². The first kappa shape index (κ1) is 81.1. The Hall–Kier alpha value is -1.94. The van der Waals surface area contributed by atoms with Crippen molar-refractivity contribution >= 4 is 39.5 Å². The van der Waals surface area contributed by atoms with Gasteiger partial charge in [0.1, 0.15) is 19.3 Å². The molecule has 0 rings (SSSR count). The number of carbonyl (C=O) groups is 4. The SMILES string of the molecule is CCC(C)CCCCCCCCCCC(=O)OC[C@H](COP(=O)(O)OC[C@@H](O)COP(=O)(O)OC[C@@H](COC(=O)CCCCCCCCC(C)C)OC(=O)CCCCCCCCC(C)CC)OC(=O)CCCCCCCCCCCC(C)C. The molecule has 0 saturated carbocycles. The lowest BCUT2D eigenvalue weighted by Gasteiger charge is -2.21. The quantitative estimate of drug-likeness (QED) is 0.0222. The van der Waals surface area contributed by atoms with Gasteiger partial charge < -0.3 is 33.8 Å². The number of phosphoric ester groups is 2. The number of aliphatic hydroxyl groups is 1. The summed E-state index contributed by atoms with van der Waals surface area (Å²) in [4.78, 5) is 72.2. The number of esters is 4. The molecule has 4 unspecified atom stereocenters. The van der Waals surface area contributed by atoms with E-state index in [1.54, 1.807) is 0 Å². The summed E-state index contributed by atoms with van der Waals surface area (Å²) in [6, 6.07) is 0. The van der Waals surface area contributed by atoms with Gasteiger partial charge in [0.15, 0.2) is 12.2 Å². The van der Waals surface area contributed by atoms with Crippen LogP contribution in [-0.2, 0) is 65.4 Å². The first-order valence-electron chi connectivity index (χ1n) is 33.3. The van der Waals surface area contributed by atoms with Crippen LogP contribution in [0, 0.1) is 23.7 Å². The number of hydrogen-bond donors (Lipinski definition) is 3. The Bertz CT molecular complexity index is 1670. The molecule has 83 heavy (non-hydrogen) atoms. The molecule has 492 valence electrons. The summed E-state index contributed by atoms with van der Waals surface area (Å²) >= 11 is 0. The molecule has 0 amide bonds. The second-order valence-electron chi connectivity index (χ2n) is 24.6. The molecule has 0 aromatic carbocycles. The third-order valence-electron chi connectivity index (χ3n) is 15.3. The van der Waals surface area contributed by atoms with Crippen molar-refractivity contribution in [1.82, 2.24) is 0 Å². The molecule has 0 aliphatic carbocycles. The second-order valence-corrected chi connectivity index (χ2v) is 27.5. The van der Waals surface area contributed by atoms with Crippen LogP contribution in [0.3, 0.4) is 0 Å². The molecule has 0 aliphatic heterocycles. The molecule has 0 aromatic heterocycles. The zero-order valence-corrected chi connectivity index (χ0v) is 55.6. The minimum atomic E-state index is -4.95. The minimum absolute atomic E-state index is 0.101. The third-order valence-corrected chi connectivity index (χ3v) is 17.2. The van der Waals surface area contributed by atoms with E-state index in [1.165, 1.54) is 103 Å². The van der Waals surface area contributed by atoms with E-state index in [0.717, 1.165) is 114 Å². The van der Waals surface area contributed by atoms with Crippen molar-refractivity contribution in [2.75, 3.05) is 39.6 Å². The van der Waals surface area contributed by atoms with Gasteiger partial charge in [-0.2, -0.15) is 0 Å². The summed E-state index contributed by atoms with van der Waals surface area (Å²) in [5.41, 5.74) is 0. The van der Waals surface area contributed by atoms with Crippen LogP contribution >= 0.6 is 15.6 Å². The highest BCUT2D eigenvalue weighted by molar-refractivity contribution is 7.47. The molecule has 3 N–H and O–H groups in total. The van der Waals surface area contributed by atoms with Crippen molar-refractivity contribution in [1.29, 1.82) is 0 Å². The Kier molecular flexibility index (Phi) is 53.0. The lowest BCUT2D eigenvalue weighted by Crippen LogP contribution is -2.30. The molecule has 17 nitrogen and oxygen atoms in total. The Balaban J connectivity index is 5.26. The number of carbonyl (C=O) groups excluding carboxylic acids is 4.